The van der Waals surface area contributed by atoms with Crippen molar-refractivity contribution in [3.05, 3.63) is 96.5 Å². The summed E-state index contributed by atoms with van der Waals surface area (Å²) in [7, 11) is 0. The number of allylic oxidation sites excluding steroid dienone is 9. The van der Waals surface area contributed by atoms with Crippen LogP contribution in [0.4, 0.5) is 4.39 Å². The molecule has 0 saturated carbocycles. The molecule has 0 bridgehead atoms. The van der Waals surface area contributed by atoms with Crippen molar-refractivity contribution in [2.45, 2.75) is 113 Å². The van der Waals surface area contributed by atoms with Gasteiger partial charge < -0.3 is 14.6 Å². The third-order valence-electron chi connectivity index (χ3n) is 9.22. The van der Waals surface area contributed by atoms with Crippen molar-refractivity contribution in [2.75, 3.05) is 19.8 Å². The maximum atomic E-state index is 13.4. The predicted octanol–water partition coefficient (Wildman–Crippen LogP) is 11.3. The van der Waals surface area contributed by atoms with E-state index in [-0.39, 0.29) is 24.7 Å². The lowest BCUT2D eigenvalue weighted by Gasteiger charge is -2.25. The molecule has 0 amide bonds. The third-order valence-corrected chi connectivity index (χ3v) is 9.22. The van der Waals surface area contributed by atoms with Crippen LogP contribution in [0.5, 0.6) is 0 Å². The van der Waals surface area contributed by atoms with Crippen LogP contribution in [-0.4, -0.2) is 36.9 Å². The first-order valence-corrected chi connectivity index (χ1v) is 18.2. The van der Waals surface area contributed by atoms with Crippen molar-refractivity contribution in [2.24, 2.45) is 29.6 Å². The summed E-state index contributed by atoms with van der Waals surface area (Å²) in [4.78, 5) is 24.0. The summed E-state index contributed by atoms with van der Waals surface area (Å²) in [6.07, 6.45) is 20.5. The van der Waals surface area contributed by atoms with E-state index in [9.17, 15) is 14.0 Å². The Labute approximate surface area is 298 Å². The second-order valence-electron chi connectivity index (χ2n) is 13.9. The minimum atomic E-state index is -0.642. The lowest BCUT2D eigenvalue weighted by molar-refractivity contribution is -0.144. The highest BCUT2D eigenvalue weighted by Crippen LogP contribution is 2.29. The molecule has 5 unspecified atom stereocenters. The van der Waals surface area contributed by atoms with E-state index in [0.717, 1.165) is 80.9 Å². The zero-order chi connectivity index (χ0) is 37.4. The van der Waals surface area contributed by atoms with Gasteiger partial charge in [0.25, 0.3) is 0 Å². The fourth-order valence-electron chi connectivity index (χ4n) is 5.31. The van der Waals surface area contributed by atoms with Gasteiger partial charge in [-0.25, -0.2) is 14.0 Å². The van der Waals surface area contributed by atoms with Gasteiger partial charge in [-0.3, -0.25) is 0 Å². The molecule has 0 aliphatic carbocycles. The number of ether oxygens (including phenoxy) is 2. The predicted molar refractivity (Wildman–Crippen MR) is 204 cm³/mol. The van der Waals surface area contributed by atoms with Crippen molar-refractivity contribution in [3.8, 4) is 0 Å². The molecule has 0 aromatic carbocycles. The van der Waals surface area contributed by atoms with Crippen LogP contribution in [0.2, 0.25) is 0 Å². The molecule has 0 aliphatic rings. The summed E-state index contributed by atoms with van der Waals surface area (Å²) in [6, 6.07) is 0. The van der Waals surface area contributed by atoms with Crippen LogP contribution in [0.3, 0.4) is 0 Å². The van der Waals surface area contributed by atoms with Gasteiger partial charge in [0.05, 0.1) is 31.7 Å². The average Bonchev–Trinajstić information content (AvgIpc) is 3.08. The van der Waals surface area contributed by atoms with Crippen molar-refractivity contribution in [3.63, 3.8) is 0 Å². The van der Waals surface area contributed by atoms with Gasteiger partial charge in [-0.05, 0) is 85.8 Å². The lowest BCUT2D eigenvalue weighted by Crippen LogP contribution is -2.24. The van der Waals surface area contributed by atoms with E-state index in [0.29, 0.717) is 41.1 Å². The van der Waals surface area contributed by atoms with E-state index in [2.05, 4.69) is 86.1 Å². The number of hydrogen-bond donors (Lipinski definition) is 1. The summed E-state index contributed by atoms with van der Waals surface area (Å²) in [5.41, 5.74) is 3.98. The number of aliphatic hydroxyl groups excluding tert-OH is 1. The molecular formula is C43H67FO5. The van der Waals surface area contributed by atoms with Crippen molar-refractivity contribution in [1.29, 1.82) is 0 Å². The molecule has 5 atom stereocenters. The molecule has 0 aromatic rings. The van der Waals surface area contributed by atoms with E-state index in [1.54, 1.807) is 6.92 Å². The van der Waals surface area contributed by atoms with Gasteiger partial charge in [-0.15, -0.1) is 0 Å². The third kappa shape index (κ3) is 20.8. The summed E-state index contributed by atoms with van der Waals surface area (Å²) in [6.45, 7) is 30.3. The maximum absolute atomic E-state index is 13.4. The fourth-order valence-corrected chi connectivity index (χ4v) is 5.31. The number of carbonyl (C=O) groups excluding carboxylic acids is 2. The topological polar surface area (TPSA) is 72.8 Å². The Balaban J connectivity index is 5.01. The monoisotopic (exact) mass is 682 g/mol. The fraction of sp³-hybridized carbons (Fsp3) is 0.581. The van der Waals surface area contributed by atoms with E-state index in [1.165, 1.54) is 0 Å². The molecule has 0 radical (unpaired) electrons. The summed E-state index contributed by atoms with van der Waals surface area (Å²) in [5.74, 6) is 0.473. The first-order valence-electron chi connectivity index (χ1n) is 18.2. The van der Waals surface area contributed by atoms with Crippen LogP contribution in [0, 0.1) is 29.6 Å². The standard InChI is InChI=1S/C43H67FO5/c1-12-14-15-17-39(27-44)24-22-37(10)41(16-13-2)25-23-36(9)35(8)21-20-34(7)33(6)19-18-32(5)26-40(29-48-42(46)31(3)4)30-49-43(47)38(11)28-45/h16,22-25,27,32-35,40,45H,3,9-15,17-21,26,28-30H2,1-2,4-8H3/b24-22-,25-23-,39-27+,41-16-. The Hall–Kier alpha value is -3.25. The molecule has 0 aliphatic heterocycles. The van der Waals surface area contributed by atoms with E-state index in [4.69, 9.17) is 14.6 Å². The molecule has 0 fully saturated rings. The van der Waals surface area contributed by atoms with Crippen LogP contribution in [0.1, 0.15) is 113 Å². The van der Waals surface area contributed by atoms with Gasteiger partial charge in [0.15, 0.2) is 0 Å². The number of carbonyl (C=O) groups is 2. The first kappa shape index (κ1) is 45.8. The molecule has 6 heteroatoms. The Kier molecular flexibility index (Phi) is 24.8. The van der Waals surface area contributed by atoms with Gasteiger partial charge in [-0.1, -0.05) is 129 Å². The lowest BCUT2D eigenvalue weighted by atomic mass is 9.82. The van der Waals surface area contributed by atoms with Crippen molar-refractivity contribution in [1.82, 2.24) is 0 Å². The van der Waals surface area contributed by atoms with Crippen LogP contribution < -0.4 is 0 Å². The van der Waals surface area contributed by atoms with Crippen LogP contribution in [-0.2, 0) is 19.1 Å². The van der Waals surface area contributed by atoms with E-state index < -0.39 is 18.5 Å². The minimum Gasteiger partial charge on any atom is -0.462 e. The molecule has 5 nitrogen and oxygen atoms in total. The highest BCUT2D eigenvalue weighted by Gasteiger charge is 2.21. The summed E-state index contributed by atoms with van der Waals surface area (Å²) in [5, 5.41) is 9.15. The quantitative estimate of drug-likeness (QED) is 0.0404. The normalized spacial score (nSPS) is 15.4. The number of esters is 2. The Bertz CT molecular complexity index is 1190. The molecule has 0 aromatic heterocycles. The Morgan fingerprint density at radius 3 is 1.98 bits per heavy atom. The SMILES string of the molecule is C=C(C)C(=O)OCC(COC(=O)C(=C)CO)CC(C)CCC(C)C(C)CCC(C)C(=C)/C=C\C(=C\CC)C(=C)/C=C\C(=C\F)CCCCC. The van der Waals surface area contributed by atoms with Gasteiger partial charge >= 0.3 is 11.9 Å². The summed E-state index contributed by atoms with van der Waals surface area (Å²) >= 11 is 0. The van der Waals surface area contributed by atoms with E-state index >= 15 is 0 Å². The van der Waals surface area contributed by atoms with Gasteiger partial charge in [0, 0.05) is 11.5 Å². The highest BCUT2D eigenvalue weighted by molar-refractivity contribution is 5.88. The zero-order valence-electron chi connectivity index (χ0n) is 31.8. The molecule has 276 valence electrons. The molecule has 0 saturated heterocycles. The van der Waals surface area contributed by atoms with Gasteiger partial charge in [-0.2, -0.15) is 0 Å². The Morgan fingerprint density at radius 2 is 1.43 bits per heavy atom. The number of rotatable bonds is 27. The van der Waals surface area contributed by atoms with Crippen LogP contribution in [0.15, 0.2) is 96.5 Å². The summed E-state index contributed by atoms with van der Waals surface area (Å²) < 4.78 is 24.1. The molecule has 49 heavy (non-hydrogen) atoms. The number of halogens is 1. The van der Waals surface area contributed by atoms with E-state index in [1.807, 2.05) is 12.2 Å². The molecule has 0 spiro atoms. The number of unbranched alkanes of at least 4 members (excludes halogenated alkanes) is 2. The molecular weight excluding hydrogens is 615 g/mol. The molecule has 1 N–H and O–H groups in total. The van der Waals surface area contributed by atoms with Crippen LogP contribution >= 0.6 is 0 Å². The smallest absolute Gasteiger partial charge is 0.335 e. The average molecular weight is 683 g/mol. The molecule has 0 heterocycles. The van der Waals surface area contributed by atoms with Crippen molar-refractivity contribution >= 4 is 11.9 Å². The first-order chi connectivity index (χ1) is 23.2. The molecule has 0 rings (SSSR count). The second-order valence-corrected chi connectivity index (χ2v) is 13.9. The second kappa shape index (κ2) is 26.6. The largest absolute Gasteiger partial charge is 0.462 e. The highest BCUT2D eigenvalue weighted by atomic mass is 19.1. The zero-order valence-corrected chi connectivity index (χ0v) is 31.8. The van der Waals surface area contributed by atoms with Gasteiger partial charge in [0.2, 0.25) is 0 Å². The van der Waals surface area contributed by atoms with Gasteiger partial charge in [0.1, 0.15) is 0 Å². The maximum Gasteiger partial charge on any atom is 0.335 e. The van der Waals surface area contributed by atoms with Crippen molar-refractivity contribution < 1.29 is 28.6 Å². The Morgan fingerprint density at radius 1 is 0.816 bits per heavy atom. The van der Waals surface area contributed by atoms with Crippen LogP contribution in [0.25, 0.3) is 0 Å². The number of aliphatic hydroxyl groups is 1. The number of hydrogen-bond acceptors (Lipinski definition) is 5. The minimum absolute atomic E-state index is 0.00487.